The molecule has 0 unspecified atom stereocenters. The van der Waals surface area contributed by atoms with Gasteiger partial charge in [-0.3, -0.25) is 9.59 Å². The van der Waals surface area contributed by atoms with Crippen molar-refractivity contribution in [3.8, 4) is 0 Å². The van der Waals surface area contributed by atoms with E-state index < -0.39 is 11.9 Å². The Morgan fingerprint density at radius 3 is 2.61 bits per heavy atom. The summed E-state index contributed by atoms with van der Waals surface area (Å²) in [5.41, 5.74) is 6.11. The molecule has 1 aliphatic rings. The number of benzene rings is 1. The van der Waals surface area contributed by atoms with E-state index in [1.807, 2.05) is 18.2 Å². The number of hydrogen-bond acceptors (Lipinski definition) is 2. The number of carbonyl (C=O) groups excluding carboxylic acids is 2. The molecule has 0 heterocycles. The molecule has 1 atom stereocenters. The predicted molar refractivity (Wildman–Crippen MR) is 69.0 cm³/mol. The lowest BCUT2D eigenvalue weighted by Crippen LogP contribution is -2.46. The second-order valence-corrected chi connectivity index (χ2v) is 4.94. The van der Waals surface area contributed by atoms with Crippen LogP contribution in [0.4, 0.5) is 0 Å². The number of nitrogens with one attached hydrogen (secondary N) is 1. The Labute approximate surface area is 110 Å². The fourth-order valence-corrected chi connectivity index (χ4v) is 1.95. The standard InChI is InChI=1S/C13H15ClN2O2/c14-10-4-2-1-3-9(10)7-11(12(15)17)16-13(18)8-5-6-8/h1-4,8,11H,5-7H2,(H2,15,17)(H,16,18)/t11-/m0/s1. The summed E-state index contributed by atoms with van der Waals surface area (Å²) in [5, 5.41) is 3.26. The van der Waals surface area contributed by atoms with E-state index in [9.17, 15) is 9.59 Å². The molecule has 0 saturated heterocycles. The summed E-state index contributed by atoms with van der Waals surface area (Å²) in [4.78, 5) is 23.0. The highest BCUT2D eigenvalue weighted by atomic mass is 35.5. The van der Waals surface area contributed by atoms with Crippen LogP contribution in [0.2, 0.25) is 5.02 Å². The molecule has 0 aromatic heterocycles. The van der Waals surface area contributed by atoms with Crippen LogP contribution in [0, 0.1) is 5.92 Å². The Kier molecular flexibility index (Phi) is 3.87. The predicted octanol–water partition coefficient (Wildman–Crippen LogP) is 1.26. The van der Waals surface area contributed by atoms with E-state index in [4.69, 9.17) is 17.3 Å². The van der Waals surface area contributed by atoms with Gasteiger partial charge in [-0.15, -0.1) is 0 Å². The smallest absolute Gasteiger partial charge is 0.240 e. The van der Waals surface area contributed by atoms with Crippen molar-refractivity contribution >= 4 is 23.4 Å². The Bertz CT molecular complexity index is 472. The van der Waals surface area contributed by atoms with Crippen molar-refractivity contribution in [3.05, 3.63) is 34.9 Å². The molecule has 2 amide bonds. The summed E-state index contributed by atoms with van der Waals surface area (Å²) < 4.78 is 0. The Hall–Kier alpha value is -1.55. The minimum Gasteiger partial charge on any atom is -0.368 e. The number of carbonyl (C=O) groups is 2. The van der Waals surface area contributed by atoms with Crippen molar-refractivity contribution in [1.29, 1.82) is 0 Å². The molecule has 5 heteroatoms. The highest BCUT2D eigenvalue weighted by Gasteiger charge is 2.32. The van der Waals surface area contributed by atoms with E-state index in [1.54, 1.807) is 6.07 Å². The van der Waals surface area contributed by atoms with Crippen LogP contribution in [-0.4, -0.2) is 17.9 Å². The maximum Gasteiger partial charge on any atom is 0.240 e. The molecule has 1 aliphatic carbocycles. The lowest BCUT2D eigenvalue weighted by Gasteiger charge is -2.16. The Balaban J connectivity index is 2.04. The number of amides is 2. The second-order valence-electron chi connectivity index (χ2n) is 4.53. The summed E-state index contributed by atoms with van der Waals surface area (Å²) in [6.45, 7) is 0. The van der Waals surface area contributed by atoms with Gasteiger partial charge in [0.2, 0.25) is 11.8 Å². The van der Waals surface area contributed by atoms with E-state index in [0.29, 0.717) is 11.4 Å². The van der Waals surface area contributed by atoms with Crippen LogP contribution in [0.3, 0.4) is 0 Å². The van der Waals surface area contributed by atoms with Gasteiger partial charge in [0.05, 0.1) is 0 Å². The van der Waals surface area contributed by atoms with Crippen molar-refractivity contribution in [3.63, 3.8) is 0 Å². The van der Waals surface area contributed by atoms with Gasteiger partial charge in [-0.25, -0.2) is 0 Å². The first-order chi connectivity index (χ1) is 8.58. The lowest BCUT2D eigenvalue weighted by molar-refractivity contribution is -0.128. The first kappa shape index (κ1) is 12.9. The maximum atomic E-state index is 11.6. The topological polar surface area (TPSA) is 72.2 Å². The summed E-state index contributed by atoms with van der Waals surface area (Å²) in [5.74, 6) is -0.576. The Morgan fingerprint density at radius 2 is 2.06 bits per heavy atom. The van der Waals surface area contributed by atoms with Gasteiger partial charge in [0.1, 0.15) is 6.04 Å². The molecule has 96 valence electrons. The number of hydrogen-bond donors (Lipinski definition) is 2. The maximum absolute atomic E-state index is 11.6. The van der Waals surface area contributed by atoms with Crippen molar-refractivity contribution in [1.82, 2.24) is 5.32 Å². The third-order valence-electron chi connectivity index (χ3n) is 2.99. The summed E-state index contributed by atoms with van der Waals surface area (Å²) in [7, 11) is 0. The van der Waals surface area contributed by atoms with Gasteiger partial charge in [0, 0.05) is 17.4 Å². The van der Waals surface area contributed by atoms with Crippen molar-refractivity contribution in [2.75, 3.05) is 0 Å². The molecular weight excluding hydrogens is 252 g/mol. The number of rotatable bonds is 5. The number of halogens is 1. The molecular formula is C13H15ClN2O2. The number of primary amides is 1. The first-order valence-electron chi connectivity index (χ1n) is 5.91. The third-order valence-corrected chi connectivity index (χ3v) is 3.36. The molecule has 0 radical (unpaired) electrons. The van der Waals surface area contributed by atoms with Gasteiger partial charge >= 0.3 is 0 Å². The summed E-state index contributed by atoms with van der Waals surface area (Å²) in [6, 6.07) is 6.52. The quantitative estimate of drug-likeness (QED) is 0.842. The van der Waals surface area contributed by atoms with Gasteiger partial charge in [-0.2, -0.15) is 0 Å². The van der Waals surface area contributed by atoms with E-state index in [2.05, 4.69) is 5.32 Å². The summed E-state index contributed by atoms with van der Waals surface area (Å²) in [6.07, 6.45) is 2.11. The minimum atomic E-state index is -0.696. The minimum absolute atomic E-state index is 0.0538. The molecule has 1 aromatic rings. The van der Waals surface area contributed by atoms with Gasteiger partial charge in [-0.05, 0) is 24.5 Å². The zero-order valence-electron chi connectivity index (χ0n) is 9.86. The van der Waals surface area contributed by atoms with Crippen LogP contribution in [0.25, 0.3) is 0 Å². The summed E-state index contributed by atoms with van der Waals surface area (Å²) >= 11 is 6.02. The largest absolute Gasteiger partial charge is 0.368 e. The molecule has 1 saturated carbocycles. The fraction of sp³-hybridized carbons (Fsp3) is 0.385. The van der Waals surface area contributed by atoms with Crippen LogP contribution in [-0.2, 0) is 16.0 Å². The van der Waals surface area contributed by atoms with Crippen LogP contribution >= 0.6 is 11.6 Å². The molecule has 1 aromatic carbocycles. The highest BCUT2D eigenvalue weighted by Crippen LogP contribution is 2.29. The normalized spacial score (nSPS) is 16.1. The zero-order chi connectivity index (χ0) is 13.1. The van der Waals surface area contributed by atoms with Gasteiger partial charge < -0.3 is 11.1 Å². The lowest BCUT2D eigenvalue weighted by atomic mass is 10.1. The molecule has 4 nitrogen and oxygen atoms in total. The fourth-order valence-electron chi connectivity index (χ4n) is 1.74. The van der Waals surface area contributed by atoms with Crippen molar-refractivity contribution in [2.24, 2.45) is 11.7 Å². The second kappa shape index (κ2) is 5.40. The van der Waals surface area contributed by atoms with Gasteiger partial charge in [0.25, 0.3) is 0 Å². The average molecular weight is 267 g/mol. The van der Waals surface area contributed by atoms with Crippen molar-refractivity contribution < 1.29 is 9.59 Å². The molecule has 2 rings (SSSR count). The molecule has 1 fully saturated rings. The first-order valence-corrected chi connectivity index (χ1v) is 6.29. The SMILES string of the molecule is NC(=O)[C@H](Cc1ccccc1Cl)NC(=O)C1CC1. The van der Waals surface area contributed by atoms with Gasteiger partial charge in [0.15, 0.2) is 0 Å². The molecule has 0 aliphatic heterocycles. The van der Waals surface area contributed by atoms with E-state index >= 15 is 0 Å². The molecule has 0 spiro atoms. The van der Waals surface area contributed by atoms with Crippen LogP contribution in [0.15, 0.2) is 24.3 Å². The van der Waals surface area contributed by atoms with E-state index in [-0.39, 0.29) is 11.8 Å². The third kappa shape index (κ3) is 3.23. The van der Waals surface area contributed by atoms with Crippen LogP contribution < -0.4 is 11.1 Å². The van der Waals surface area contributed by atoms with E-state index in [1.165, 1.54) is 0 Å². The van der Waals surface area contributed by atoms with Crippen LogP contribution in [0.1, 0.15) is 18.4 Å². The van der Waals surface area contributed by atoms with Gasteiger partial charge in [-0.1, -0.05) is 29.8 Å². The molecule has 0 bridgehead atoms. The zero-order valence-corrected chi connectivity index (χ0v) is 10.6. The van der Waals surface area contributed by atoms with Crippen LogP contribution in [0.5, 0.6) is 0 Å². The highest BCUT2D eigenvalue weighted by molar-refractivity contribution is 6.31. The molecule has 3 N–H and O–H groups in total. The molecule has 18 heavy (non-hydrogen) atoms. The van der Waals surface area contributed by atoms with Crippen molar-refractivity contribution in [2.45, 2.75) is 25.3 Å². The monoisotopic (exact) mass is 266 g/mol. The van der Waals surface area contributed by atoms with E-state index in [0.717, 1.165) is 18.4 Å². The Morgan fingerprint density at radius 1 is 1.39 bits per heavy atom. The number of nitrogens with two attached hydrogens (primary N) is 1. The average Bonchev–Trinajstić information content (AvgIpc) is 3.14.